The van der Waals surface area contributed by atoms with Gasteiger partial charge in [-0.15, -0.1) is 11.3 Å². The van der Waals surface area contributed by atoms with E-state index >= 15 is 0 Å². The van der Waals surface area contributed by atoms with Crippen molar-refractivity contribution in [3.8, 4) is 5.75 Å². The molecule has 0 aliphatic carbocycles. The minimum atomic E-state index is -0.396. The van der Waals surface area contributed by atoms with Crippen LogP contribution in [-0.4, -0.2) is 24.2 Å². The summed E-state index contributed by atoms with van der Waals surface area (Å²) in [5.41, 5.74) is 5.02. The summed E-state index contributed by atoms with van der Waals surface area (Å²) in [4.78, 5) is 17.3. The number of methoxy groups -OCH3 is 1. The van der Waals surface area contributed by atoms with Crippen LogP contribution < -0.4 is 10.2 Å². The fourth-order valence-corrected chi connectivity index (χ4v) is 4.52. The largest absolute Gasteiger partial charge is 0.497 e. The number of hydrogen-bond acceptors (Lipinski definition) is 5. The molecule has 2 aromatic heterocycles. The van der Waals surface area contributed by atoms with Gasteiger partial charge >= 0.3 is 0 Å². The van der Waals surface area contributed by atoms with E-state index < -0.39 is 5.91 Å². The quantitative estimate of drug-likeness (QED) is 0.245. The van der Waals surface area contributed by atoms with E-state index in [2.05, 4.69) is 15.5 Å². The van der Waals surface area contributed by atoms with Crippen LogP contribution >= 0.6 is 34.5 Å². The van der Waals surface area contributed by atoms with Crippen molar-refractivity contribution in [3.63, 3.8) is 0 Å². The minimum Gasteiger partial charge on any atom is -0.497 e. The highest BCUT2D eigenvalue weighted by Gasteiger charge is 2.17. The zero-order chi connectivity index (χ0) is 20.5. The molecule has 0 spiro atoms. The fraction of sp³-hybridized carbons (Fsp3) is 0.0952. The van der Waals surface area contributed by atoms with Gasteiger partial charge in [0.25, 0.3) is 5.91 Å². The van der Waals surface area contributed by atoms with Crippen molar-refractivity contribution in [1.82, 2.24) is 10.4 Å². The molecule has 0 fully saturated rings. The second-order valence-electron chi connectivity index (χ2n) is 6.37. The summed E-state index contributed by atoms with van der Waals surface area (Å²) in [6, 6.07) is 13.3. The number of nitrogens with zero attached hydrogens (tertiary/aromatic N) is 2. The lowest BCUT2D eigenvalue weighted by Gasteiger charge is -2.03. The van der Waals surface area contributed by atoms with Crippen molar-refractivity contribution in [3.05, 3.63) is 68.6 Å². The van der Waals surface area contributed by atoms with Crippen molar-refractivity contribution in [2.75, 3.05) is 7.11 Å². The van der Waals surface area contributed by atoms with Crippen LogP contribution in [0.15, 0.2) is 47.6 Å². The summed E-state index contributed by atoms with van der Waals surface area (Å²) in [6.07, 6.45) is 1.47. The Morgan fingerprint density at radius 1 is 1.21 bits per heavy atom. The van der Waals surface area contributed by atoms with E-state index in [9.17, 15) is 4.79 Å². The van der Waals surface area contributed by atoms with Gasteiger partial charge in [-0.3, -0.25) is 4.79 Å². The van der Waals surface area contributed by atoms with Crippen molar-refractivity contribution >= 4 is 67.6 Å². The Hall–Kier alpha value is -2.67. The number of aromatic nitrogens is 1. The van der Waals surface area contributed by atoms with Gasteiger partial charge in [0.05, 0.1) is 23.9 Å². The highest BCUT2D eigenvalue weighted by Crippen LogP contribution is 2.37. The van der Waals surface area contributed by atoms with Crippen molar-refractivity contribution in [2.45, 2.75) is 6.92 Å². The third kappa shape index (κ3) is 3.92. The van der Waals surface area contributed by atoms with Gasteiger partial charge in [0, 0.05) is 21.0 Å². The molecule has 0 atom stereocenters. The van der Waals surface area contributed by atoms with E-state index in [1.165, 1.54) is 17.6 Å². The molecule has 0 saturated carbocycles. The molecule has 4 aromatic rings. The molecule has 0 bridgehead atoms. The summed E-state index contributed by atoms with van der Waals surface area (Å²) in [6.45, 7) is 2.00. The van der Waals surface area contributed by atoms with Crippen LogP contribution in [-0.2, 0) is 0 Å². The molecule has 2 aromatic carbocycles. The lowest BCUT2D eigenvalue weighted by Crippen LogP contribution is -2.16. The van der Waals surface area contributed by atoms with Crippen LogP contribution in [0.4, 0.5) is 0 Å². The van der Waals surface area contributed by atoms with Gasteiger partial charge in [0.1, 0.15) is 15.8 Å². The average Bonchev–Trinajstić information content (AvgIpc) is 3.04. The number of pyridine rings is 1. The van der Waals surface area contributed by atoms with Gasteiger partial charge in [-0.2, -0.15) is 5.10 Å². The predicted molar refractivity (Wildman–Crippen MR) is 120 cm³/mol. The number of thiophene rings is 1. The lowest BCUT2D eigenvalue weighted by atomic mass is 10.1. The van der Waals surface area contributed by atoms with Crippen LogP contribution in [0.2, 0.25) is 10.2 Å². The Bertz CT molecular complexity index is 1280. The Labute approximate surface area is 180 Å². The van der Waals surface area contributed by atoms with E-state index in [0.29, 0.717) is 26.4 Å². The van der Waals surface area contributed by atoms with Gasteiger partial charge in [-0.05, 0) is 42.8 Å². The molecule has 2 heterocycles. The van der Waals surface area contributed by atoms with E-state index in [4.69, 9.17) is 27.9 Å². The number of amides is 1. The second kappa shape index (κ2) is 7.99. The highest BCUT2D eigenvalue weighted by atomic mass is 35.5. The zero-order valence-electron chi connectivity index (χ0n) is 15.5. The Morgan fingerprint density at radius 2 is 2.03 bits per heavy atom. The molecular weight excluding hydrogens is 429 g/mol. The maximum Gasteiger partial charge on any atom is 0.283 e. The number of nitrogens with one attached hydrogen (secondary N) is 1. The molecule has 0 aliphatic rings. The van der Waals surface area contributed by atoms with Crippen LogP contribution in [0.5, 0.6) is 5.75 Å². The van der Waals surface area contributed by atoms with Gasteiger partial charge in [-0.25, -0.2) is 10.4 Å². The number of carbonyl (C=O) groups excluding carboxylic acids is 1. The zero-order valence-corrected chi connectivity index (χ0v) is 17.8. The molecule has 0 saturated heterocycles. The number of fused-ring (bicyclic) bond motifs is 2. The van der Waals surface area contributed by atoms with E-state index in [1.807, 2.05) is 43.3 Å². The normalized spacial score (nSPS) is 11.4. The number of halogens is 2. The van der Waals surface area contributed by atoms with Crippen LogP contribution in [0.25, 0.3) is 21.0 Å². The molecule has 1 amide bonds. The monoisotopic (exact) mass is 443 g/mol. The number of aryl methyl sites for hydroxylation is 1. The summed E-state index contributed by atoms with van der Waals surface area (Å²) in [5, 5.41) is 6.46. The topological polar surface area (TPSA) is 63.6 Å². The van der Waals surface area contributed by atoms with Crippen LogP contribution in [0.1, 0.15) is 20.8 Å². The molecule has 8 heteroatoms. The smallest absolute Gasteiger partial charge is 0.283 e. The molecule has 29 heavy (non-hydrogen) atoms. The molecule has 0 unspecified atom stereocenters. The van der Waals surface area contributed by atoms with Crippen molar-refractivity contribution < 1.29 is 9.53 Å². The van der Waals surface area contributed by atoms with Crippen molar-refractivity contribution in [2.24, 2.45) is 5.10 Å². The van der Waals surface area contributed by atoms with E-state index in [0.717, 1.165) is 26.6 Å². The Balaban J connectivity index is 1.56. The Morgan fingerprint density at radius 3 is 2.83 bits per heavy atom. The molecule has 5 nitrogen and oxygen atoms in total. The molecule has 1 N–H and O–H groups in total. The van der Waals surface area contributed by atoms with Crippen LogP contribution in [0.3, 0.4) is 0 Å². The number of rotatable bonds is 4. The van der Waals surface area contributed by atoms with E-state index in [-0.39, 0.29) is 0 Å². The van der Waals surface area contributed by atoms with Gasteiger partial charge in [0.15, 0.2) is 0 Å². The second-order valence-corrected chi connectivity index (χ2v) is 8.16. The molecule has 146 valence electrons. The highest BCUT2D eigenvalue weighted by molar-refractivity contribution is 7.21. The van der Waals surface area contributed by atoms with Gasteiger partial charge < -0.3 is 4.74 Å². The van der Waals surface area contributed by atoms with Gasteiger partial charge in [0.2, 0.25) is 0 Å². The summed E-state index contributed by atoms with van der Waals surface area (Å²) < 4.78 is 6.08. The Kier molecular flexibility index (Phi) is 5.41. The maximum atomic E-state index is 12.5. The minimum absolute atomic E-state index is 0.313. The van der Waals surface area contributed by atoms with Crippen molar-refractivity contribution in [1.29, 1.82) is 0 Å². The number of benzene rings is 2. The number of hydrogen-bond donors (Lipinski definition) is 1. The fourth-order valence-electron chi connectivity index (χ4n) is 2.89. The third-order valence-corrected chi connectivity index (χ3v) is 6.33. The molecule has 0 aliphatic heterocycles. The van der Waals surface area contributed by atoms with E-state index in [1.54, 1.807) is 13.2 Å². The molecular formula is C21H15Cl2N3O2S. The maximum absolute atomic E-state index is 12.5. The number of carbonyl (C=O) groups is 1. The standard InChI is InChI=1S/C21H15Cl2N3O2S/c1-11-3-4-12-8-13(20(23)25-16(12)7-11)10-24-26-21(27)19-18(22)15-6-5-14(28-2)9-17(15)29-19/h3-10H,1-2H3,(H,26,27)/b24-10-. The predicted octanol–water partition coefficient (Wildman–Crippen LogP) is 5.84. The summed E-state index contributed by atoms with van der Waals surface area (Å²) >= 11 is 13.9. The first-order valence-electron chi connectivity index (χ1n) is 8.62. The molecule has 4 rings (SSSR count). The first kappa shape index (κ1) is 19.6. The van der Waals surface area contributed by atoms with Crippen LogP contribution in [0, 0.1) is 6.92 Å². The third-order valence-electron chi connectivity index (χ3n) is 4.37. The number of ether oxygens (including phenoxy) is 1. The first-order valence-corrected chi connectivity index (χ1v) is 10.2. The molecule has 0 radical (unpaired) electrons. The summed E-state index contributed by atoms with van der Waals surface area (Å²) in [7, 11) is 1.59. The van der Waals surface area contributed by atoms with Gasteiger partial charge in [-0.1, -0.05) is 35.3 Å². The first-order chi connectivity index (χ1) is 14.0. The SMILES string of the molecule is COc1ccc2c(Cl)c(C(=O)N/N=C\c3cc4ccc(C)cc4nc3Cl)sc2c1. The number of hydrazone groups is 1. The lowest BCUT2D eigenvalue weighted by molar-refractivity contribution is 0.0959. The summed E-state index contributed by atoms with van der Waals surface area (Å²) in [5.74, 6) is 0.306. The average molecular weight is 444 g/mol.